The second-order valence-electron chi connectivity index (χ2n) is 7.07. The zero-order valence-electron chi connectivity index (χ0n) is 18.3. The van der Waals surface area contributed by atoms with Gasteiger partial charge in [-0.05, 0) is 54.4 Å². The molecule has 10 heteroatoms. The fourth-order valence-electron chi connectivity index (χ4n) is 2.79. The van der Waals surface area contributed by atoms with Gasteiger partial charge in [0, 0.05) is 29.5 Å². The molecule has 0 bridgehead atoms. The molecule has 0 radical (unpaired) electrons. The van der Waals surface area contributed by atoms with Crippen molar-refractivity contribution in [3.05, 3.63) is 94.9 Å². The molecule has 1 aromatic heterocycles. The Morgan fingerprint density at radius 2 is 1.79 bits per heavy atom. The van der Waals surface area contributed by atoms with Crippen LogP contribution in [0.4, 0.5) is 5.69 Å². The normalized spacial score (nSPS) is 10.9. The number of halogens is 1. The quantitative estimate of drug-likeness (QED) is 0.156. The summed E-state index contributed by atoms with van der Waals surface area (Å²) in [6.07, 6.45) is 4.82. The average molecular weight is 482 g/mol. The van der Waals surface area contributed by atoms with Gasteiger partial charge in [0.05, 0.1) is 17.4 Å². The molecule has 1 amide bonds. The number of benzene rings is 2. The summed E-state index contributed by atoms with van der Waals surface area (Å²) < 4.78 is 5.63. The zero-order valence-corrected chi connectivity index (χ0v) is 19.1. The van der Waals surface area contributed by atoms with E-state index in [0.29, 0.717) is 35.1 Å². The third-order valence-electron chi connectivity index (χ3n) is 4.61. The van der Waals surface area contributed by atoms with E-state index in [1.165, 1.54) is 18.5 Å². The summed E-state index contributed by atoms with van der Waals surface area (Å²) in [5.74, 6) is -0.398. The van der Waals surface area contributed by atoms with Crippen molar-refractivity contribution < 1.29 is 19.4 Å². The second kappa shape index (κ2) is 12.2. The molecule has 0 spiro atoms. The van der Waals surface area contributed by atoms with Crippen molar-refractivity contribution in [2.45, 2.75) is 19.9 Å². The van der Waals surface area contributed by atoms with Gasteiger partial charge in [-0.2, -0.15) is 5.53 Å². The van der Waals surface area contributed by atoms with E-state index in [1.54, 1.807) is 42.6 Å². The number of carbonyl (C=O) groups is 2. The van der Waals surface area contributed by atoms with Crippen molar-refractivity contribution in [2.24, 2.45) is 0 Å². The largest absolute Gasteiger partial charge is 0.478 e. The second-order valence-corrected chi connectivity index (χ2v) is 7.50. The minimum atomic E-state index is -1.07. The van der Waals surface area contributed by atoms with Crippen LogP contribution >= 0.6 is 11.6 Å². The standard InChI is InChI=1S/C24H24ClN5O4/c1-2-17(23(31)27-12-16-3-5-19(25)6-4-16)14-28-30-29-20-7-9-21(10-8-20)34-22-11-18(24(32)33)13-26-15-22/h3-11,13-15,28-30H,2,12H2,1H3,(H,27,31)(H,32,33)/b17-14-. The van der Waals surface area contributed by atoms with Crippen LogP contribution in [-0.2, 0) is 11.3 Å². The van der Waals surface area contributed by atoms with Crippen molar-refractivity contribution >= 4 is 29.2 Å². The number of hydrogen-bond acceptors (Lipinski definition) is 7. The minimum Gasteiger partial charge on any atom is -0.478 e. The lowest BCUT2D eigenvalue weighted by Gasteiger charge is -2.11. The van der Waals surface area contributed by atoms with Gasteiger partial charge in [0.15, 0.2) is 0 Å². The van der Waals surface area contributed by atoms with Crippen molar-refractivity contribution in [2.75, 3.05) is 5.43 Å². The monoisotopic (exact) mass is 481 g/mol. The van der Waals surface area contributed by atoms with Crippen LogP contribution in [0.1, 0.15) is 29.3 Å². The predicted octanol–water partition coefficient (Wildman–Crippen LogP) is 4.26. The molecule has 0 aliphatic heterocycles. The smallest absolute Gasteiger partial charge is 0.337 e. The molecule has 2 aromatic carbocycles. The van der Waals surface area contributed by atoms with Gasteiger partial charge >= 0.3 is 5.97 Å². The third-order valence-corrected chi connectivity index (χ3v) is 4.87. The van der Waals surface area contributed by atoms with Gasteiger partial charge in [-0.1, -0.05) is 30.7 Å². The topological polar surface area (TPSA) is 125 Å². The molecule has 34 heavy (non-hydrogen) atoms. The number of anilines is 1. The summed E-state index contributed by atoms with van der Waals surface area (Å²) in [5, 5.41) is 12.6. The Bertz CT molecular complexity index is 1150. The molecule has 0 unspecified atom stereocenters. The number of rotatable bonds is 11. The van der Waals surface area contributed by atoms with Crippen LogP contribution in [0.3, 0.4) is 0 Å². The van der Waals surface area contributed by atoms with Crippen LogP contribution in [0.15, 0.2) is 78.8 Å². The van der Waals surface area contributed by atoms with Crippen LogP contribution in [0.25, 0.3) is 0 Å². The highest BCUT2D eigenvalue weighted by atomic mass is 35.5. The average Bonchev–Trinajstić information content (AvgIpc) is 2.84. The highest BCUT2D eigenvalue weighted by molar-refractivity contribution is 6.30. The van der Waals surface area contributed by atoms with E-state index < -0.39 is 5.97 Å². The number of amides is 1. The number of pyridine rings is 1. The lowest BCUT2D eigenvalue weighted by Crippen LogP contribution is -2.34. The maximum Gasteiger partial charge on any atom is 0.337 e. The lowest BCUT2D eigenvalue weighted by molar-refractivity contribution is -0.117. The Kier molecular flexibility index (Phi) is 8.84. The van der Waals surface area contributed by atoms with Crippen molar-refractivity contribution in [3.63, 3.8) is 0 Å². The molecule has 176 valence electrons. The number of aromatic carboxylic acids is 1. The number of carboxylic acid groups (broad SMARTS) is 1. The number of carbonyl (C=O) groups excluding carboxylic acids is 1. The Hall–Kier alpha value is -4.08. The molecule has 0 aliphatic carbocycles. The number of aromatic nitrogens is 1. The maximum absolute atomic E-state index is 12.4. The summed E-state index contributed by atoms with van der Waals surface area (Å²) in [5.41, 5.74) is 10.9. The van der Waals surface area contributed by atoms with Gasteiger partial charge in [0.25, 0.3) is 0 Å². The fourth-order valence-corrected chi connectivity index (χ4v) is 2.92. The van der Waals surface area contributed by atoms with E-state index in [1.807, 2.05) is 19.1 Å². The van der Waals surface area contributed by atoms with Gasteiger partial charge in [-0.3, -0.25) is 9.78 Å². The first-order valence-corrected chi connectivity index (χ1v) is 10.8. The van der Waals surface area contributed by atoms with Gasteiger partial charge in [0.1, 0.15) is 11.5 Å². The van der Waals surface area contributed by atoms with E-state index in [2.05, 4.69) is 26.7 Å². The highest BCUT2D eigenvalue weighted by Gasteiger charge is 2.07. The predicted molar refractivity (Wildman–Crippen MR) is 129 cm³/mol. The maximum atomic E-state index is 12.4. The van der Waals surface area contributed by atoms with Gasteiger partial charge < -0.3 is 26.0 Å². The minimum absolute atomic E-state index is 0.0456. The Balaban J connectivity index is 1.45. The molecule has 3 aromatic rings. The Labute approximate surface area is 201 Å². The summed E-state index contributed by atoms with van der Waals surface area (Å²) >= 11 is 5.87. The van der Waals surface area contributed by atoms with Crippen LogP contribution in [0.2, 0.25) is 5.02 Å². The molecule has 5 N–H and O–H groups in total. The Morgan fingerprint density at radius 1 is 1.06 bits per heavy atom. The van der Waals surface area contributed by atoms with Crippen molar-refractivity contribution in [3.8, 4) is 11.5 Å². The number of nitrogens with zero attached hydrogens (tertiary/aromatic N) is 1. The van der Waals surface area contributed by atoms with Gasteiger partial charge in [-0.15, -0.1) is 0 Å². The molecular formula is C24H24ClN5O4. The molecule has 0 saturated heterocycles. The van der Waals surface area contributed by atoms with Crippen molar-refractivity contribution in [1.29, 1.82) is 0 Å². The SMILES string of the molecule is CC/C(=C/NNNc1ccc(Oc2cncc(C(=O)O)c2)cc1)C(=O)NCc1ccc(Cl)cc1. The molecule has 0 aliphatic rings. The van der Waals surface area contributed by atoms with E-state index >= 15 is 0 Å². The van der Waals surface area contributed by atoms with Crippen LogP contribution in [-0.4, -0.2) is 22.0 Å². The van der Waals surface area contributed by atoms with Crippen molar-refractivity contribution in [1.82, 2.24) is 21.3 Å². The first kappa shape index (κ1) is 24.6. The Morgan fingerprint density at radius 3 is 2.47 bits per heavy atom. The third kappa shape index (κ3) is 7.51. The van der Waals surface area contributed by atoms with E-state index in [9.17, 15) is 9.59 Å². The van der Waals surface area contributed by atoms with Gasteiger partial charge in [-0.25, -0.2) is 4.79 Å². The highest BCUT2D eigenvalue weighted by Crippen LogP contribution is 2.23. The zero-order chi connectivity index (χ0) is 24.3. The number of hydrogen-bond donors (Lipinski definition) is 5. The first-order valence-electron chi connectivity index (χ1n) is 10.4. The van der Waals surface area contributed by atoms with Crippen LogP contribution in [0, 0.1) is 0 Å². The summed E-state index contributed by atoms with van der Waals surface area (Å²) in [7, 11) is 0. The molecule has 1 heterocycles. The lowest BCUT2D eigenvalue weighted by atomic mass is 10.2. The van der Waals surface area contributed by atoms with E-state index in [0.717, 1.165) is 11.3 Å². The molecule has 9 nitrogen and oxygen atoms in total. The summed E-state index contributed by atoms with van der Waals surface area (Å²) in [6, 6.07) is 15.7. The molecule has 3 rings (SSSR count). The van der Waals surface area contributed by atoms with Crippen LogP contribution < -0.4 is 26.4 Å². The van der Waals surface area contributed by atoms with E-state index in [-0.39, 0.29) is 11.5 Å². The summed E-state index contributed by atoms with van der Waals surface area (Å²) in [4.78, 5) is 27.3. The number of ether oxygens (including phenoxy) is 1. The fraction of sp³-hybridized carbons (Fsp3) is 0.125. The first-order chi connectivity index (χ1) is 16.4. The van der Waals surface area contributed by atoms with Gasteiger partial charge in [0.2, 0.25) is 5.91 Å². The number of carboxylic acids is 1. The summed E-state index contributed by atoms with van der Waals surface area (Å²) in [6.45, 7) is 2.30. The number of hydrazine groups is 2. The molecule has 0 saturated carbocycles. The molecule has 0 atom stereocenters. The molecule has 0 fully saturated rings. The number of nitrogens with one attached hydrogen (secondary N) is 4. The molecular weight excluding hydrogens is 458 g/mol. The van der Waals surface area contributed by atoms with E-state index in [4.69, 9.17) is 21.4 Å². The van der Waals surface area contributed by atoms with Crippen LogP contribution in [0.5, 0.6) is 11.5 Å².